The van der Waals surface area contributed by atoms with Crippen molar-refractivity contribution < 1.29 is 17.6 Å². The first-order valence-electron chi connectivity index (χ1n) is 12.2. The fourth-order valence-electron chi connectivity index (χ4n) is 4.34. The summed E-state index contributed by atoms with van der Waals surface area (Å²) in [5.41, 5.74) is 1.48. The molecule has 1 fully saturated rings. The van der Waals surface area contributed by atoms with E-state index in [1.807, 2.05) is 35.7 Å². The Morgan fingerprint density at radius 2 is 1.64 bits per heavy atom. The standard InChI is InChI=1S/C27H32FN3O3S2/c28-25-12-10-23(11-13-25)19-30(20-26-9-6-18-35-26)27(32)21-31(17-16-29-14-4-5-15-29)36(33,34)22-24-7-2-1-3-8-24/h1-3,6-13,18H,4-5,14-17,19-22H2. The Balaban J connectivity index is 1.53. The number of benzene rings is 2. The maximum atomic E-state index is 13.6. The van der Waals surface area contributed by atoms with Crippen molar-refractivity contribution in [2.75, 3.05) is 32.7 Å². The number of carbonyl (C=O) groups excluding carboxylic acids is 1. The highest BCUT2D eigenvalue weighted by Gasteiger charge is 2.28. The monoisotopic (exact) mass is 529 g/mol. The molecule has 2 heterocycles. The number of rotatable bonds is 12. The summed E-state index contributed by atoms with van der Waals surface area (Å²) >= 11 is 1.54. The van der Waals surface area contributed by atoms with Crippen molar-refractivity contribution in [1.29, 1.82) is 0 Å². The average molecular weight is 530 g/mol. The highest BCUT2D eigenvalue weighted by Crippen LogP contribution is 2.18. The van der Waals surface area contributed by atoms with Gasteiger partial charge in [-0.2, -0.15) is 4.31 Å². The fraction of sp³-hybridized carbons (Fsp3) is 0.370. The molecule has 4 rings (SSSR count). The molecule has 1 amide bonds. The average Bonchev–Trinajstić information content (AvgIpc) is 3.57. The normalized spacial score (nSPS) is 14.4. The van der Waals surface area contributed by atoms with Crippen LogP contribution in [0.2, 0.25) is 0 Å². The Morgan fingerprint density at radius 1 is 0.917 bits per heavy atom. The molecule has 0 saturated carbocycles. The Hall–Kier alpha value is -2.59. The Morgan fingerprint density at radius 3 is 2.31 bits per heavy atom. The van der Waals surface area contributed by atoms with Crippen molar-refractivity contribution in [3.8, 4) is 0 Å². The Bertz CT molecular complexity index is 1200. The number of carbonyl (C=O) groups is 1. The van der Waals surface area contributed by atoms with E-state index >= 15 is 0 Å². The lowest BCUT2D eigenvalue weighted by Gasteiger charge is -2.28. The molecule has 192 valence electrons. The van der Waals surface area contributed by atoms with E-state index in [4.69, 9.17) is 0 Å². The zero-order chi connectivity index (χ0) is 25.4. The predicted molar refractivity (Wildman–Crippen MR) is 141 cm³/mol. The van der Waals surface area contributed by atoms with Crippen LogP contribution in [-0.4, -0.2) is 61.2 Å². The van der Waals surface area contributed by atoms with Crippen molar-refractivity contribution >= 4 is 27.3 Å². The van der Waals surface area contributed by atoms with E-state index in [-0.39, 0.29) is 37.1 Å². The number of hydrogen-bond acceptors (Lipinski definition) is 5. The minimum absolute atomic E-state index is 0.149. The summed E-state index contributed by atoms with van der Waals surface area (Å²) in [7, 11) is -3.72. The second kappa shape index (κ2) is 12.6. The molecule has 3 aromatic rings. The van der Waals surface area contributed by atoms with E-state index in [0.717, 1.165) is 36.4 Å². The lowest BCUT2D eigenvalue weighted by Crippen LogP contribution is -2.45. The molecule has 0 unspecified atom stereocenters. The fourth-order valence-corrected chi connectivity index (χ4v) is 6.52. The minimum atomic E-state index is -3.72. The van der Waals surface area contributed by atoms with Gasteiger partial charge in [0.15, 0.2) is 0 Å². The highest BCUT2D eigenvalue weighted by atomic mass is 32.2. The van der Waals surface area contributed by atoms with Gasteiger partial charge < -0.3 is 9.80 Å². The lowest BCUT2D eigenvalue weighted by molar-refractivity contribution is -0.132. The molecular weight excluding hydrogens is 497 g/mol. The third kappa shape index (κ3) is 7.70. The van der Waals surface area contributed by atoms with E-state index in [1.54, 1.807) is 40.5 Å². The Kier molecular flexibility index (Phi) is 9.25. The lowest BCUT2D eigenvalue weighted by atomic mass is 10.2. The van der Waals surface area contributed by atoms with E-state index in [2.05, 4.69) is 4.90 Å². The van der Waals surface area contributed by atoms with Crippen molar-refractivity contribution in [3.05, 3.63) is 93.9 Å². The molecule has 9 heteroatoms. The number of sulfonamides is 1. The second-order valence-corrected chi connectivity index (χ2v) is 12.1. The van der Waals surface area contributed by atoms with Gasteiger partial charge in [-0.15, -0.1) is 11.3 Å². The maximum absolute atomic E-state index is 13.6. The second-order valence-electron chi connectivity index (χ2n) is 9.08. The van der Waals surface area contributed by atoms with Crippen LogP contribution in [0, 0.1) is 5.82 Å². The zero-order valence-corrected chi connectivity index (χ0v) is 21.9. The summed E-state index contributed by atoms with van der Waals surface area (Å²) in [5, 5.41) is 1.95. The van der Waals surface area contributed by atoms with Crippen LogP contribution in [0.3, 0.4) is 0 Å². The number of thiophene rings is 1. The molecular formula is C27H32FN3O3S2. The van der Waals surface area contributed by atoms with Gasteiger partial charge in [-0.1, -0.05) is 48.5 Å². The van der Waals surface area contributed by atoms with Crippen LogP contribution in [0.25, 0.3) is 0 Å². The van der Waals surface area contributed by atoms with Crippen LogP contribution in [0.5, 0.6) is 0 Å². The van der Waals surface area contributed by atoms with Crippen LogP contribution < -0.4 is 0 Å². The molecule has 36 heavy (non-hydrogen) atoms. The first-order valence-corrected chi connectivity index (χ1v) is 14.7. The van der Waals surface area contributed by atoms with Crippen LogP contribution in [0.4, 0.5) is 4.39 Å². The summed E-state index contributed by atoms with van der Waals surface area (Å²) in [6, 6.07) is 19.0. The molecule has 0 N–H and O–H groups in total. The van der Waals surface area contributed by atoms with Gasteiger partial charge in [0, 0.05) is 24.5 Å². The van der Waals surface area contributed by atoms with E-state index < -0.39 is 10.0 Å². The van der Waals surface area contributed by atoms with Crippen LogP contribution >= 0.6 is 11.3 Å². The molecule has 1 aromatic heterocycles. The number of hydrogen-bond donors (Lipinski definition) is 0. The van der Waals surface area contributed by atoms with Gasteiger partial charge in [-0.3, -0.25) is 4.79 Å². The first-order chi connectivity index (χ1) is 17.4. The summed E-state index contributed by atoms with van der Waals surface area (Å²) < 4.78 is 41.7. The van der Waals surface area contributed by atoms with Gasteiger partial charge in [-0.05, 0) is 60.6 Å². The van der Waals surface area contributed by atoms with Crippen molar-refractivity contribution in [3.63, 3.8) is 0 Å². The number of halogens is 1. The number of amides is 1. The minimum Gasteiger partial charge on any atom is -0.332 e. The summed E-state index contributed by atoms with van der Waals surface area (Å²) in [5.74, 6) is -0.759. The van der Waals surface area contributed by atoms with Crippen molar-refractivity contribution in [2.45, 2.75) is 31.7 Å². The molecule has 0 bridgehead atoms. The predicted octanol–water partition coefficient (Wildman–Crippen LogP) is 4.34. The maximum Gasteiger partial charge on any atom is 0.238 e. The first kappa shape index (κ1) is 26.5. The molecule has 1 aliphatic rings. The van der Waals surface area contributed by atoms with Crippen LogP contribution in [0.15, 0.2) is 72.1 Å². The van der Waals surface area contributed by atoms with Crippen LogP contribution in [0.1, 0.15) is 28.8 Å². The third-order valence-corrected chi connectivity index (χ3v) is 8.99. The molecule has 0 radical (unpaired) electrons. The largest absolute Gasteiger partial charge is 0.332 e. The van der Waals surface area contributed by atoms with E-state index in [0.29, 0.717) is 18.7 Å². The third-order valence-electron chi connectivity index (χ3n) is 6.33. The quantitative estimate of drug-likeness (QED) is 0.350. The van der Waals surface area contributed by atoms with Crippen LogP contribution in [-0.2, 0) is 33.7 Å². The van der Waals surface area contributed by atoms with E-state index in [9.17, 15) is 17.6 Å². The molecule has 0 spiro atoms. The zero-order valence-electron chi connectivity index (χ0n) is 20.3. The van der Waals surface area contributed by atoms with Crippen molar-refractivity contribution in [1.82, 2.24) is 14.1 Å². The van der Waals surface area contributed by atoms with Gasteiger partial charge in [0.2, 0.25) is 15.9 Å². The van der Waals surface area contributed by atoms with Gasteiger partial charge in [0.05, 0.1) is 18.8 Å². The molecule has 2 aromatic carbocycles. The van der Waals surface area contributed by atoms with Gasteiger partial charge in [0.25, 0.3) is 0 Å². The Labute approximate surface area is 217 Å². The SMILES string of the molecule is O=C(CN(CCN1CCCC1)S(=O)(=O)Cc1ccccc1)N(Cc1ccc(F)cc1)Cc1cccs1. The van der Waals surface area contributed by atoms with Gasteiger partial charge in [0.1, 0.15) is 5.82 Å². The van der Waals surface area contributed by atoms with Gasteiger partial charge >= 0.3 is 0 Å². The van der Waals surface area contributed by atoms with Gasteiger partial charge in [-0.25, -0.2) is 12.8 Å². The molecule has 6 nitrogen and oxygen atoms in total. The molecule has 0 atom stereocenters. The summed E-state index contributed by atoms with van der Waals surface area (Å²) in [4.78, 5) is 18.5. The van der Waals surface area contributed by atoms with Crippen molar-refractivity contribution in [2.24, 2.45) is 0 Å². The van der Waals surface area contributed by atoms with E-state index in [1.165, 1.54) is 16.4 Å². The molecule has 1 saturated heterocycles. The summed E-state index contributed by atoms with van der Waals surface area (Å²) in [6.07, 6.45) is 2.23. The highest BCUT2D eigenvalue weighted by molar-refractivity contribution is 7.88. The number of likely N-dealkylation sites (tertiary alicyclic amines) is 1. The summed E-state index contributed by atoms with van der Waals surface area (Å²) in [6.45, 7) is 3.19. The topological polar surface area (TPSA) is 60.9 Å². The molecule has 0 aliphatic carbocycles. The number of nitrogens with zero attached hydrogens (tertiary/aromatic N) is 3. The smallest absolute Gasteiger partial charge is 0.238 e. The molecule has 1 aliphatic heterocycles.